The summed E-state index contributed by atoms with van der Waals surface area (Å²) in [4.78, 5) is 11.7. The third kappa shape index (κ3) is 4.12. The molecule has 16 heavy (non-hydrogen) atoms. The van der Waals surface area contributed by atoms with Crippen molar-refractivity contribution in [2.45, 2.75) is 58.9 Å². The van der Waals surface area contributed by atoms with Crippen molar-refractivity contribution >= 4 is 5.91 Å². The van der Waals surface area contributed by atoms with E-state index in [0.29, 0.717) is 11.3 Å². The third-order valence-corrected chi connectivity index (χ3v) is 3.56. The van der Waals surface area contributed by atoms with Crippen molar-refractivity contribution in [3.8, 4) is 0 Å². The molecule has 0 aromatic rings. The molecule has 1 rings (SSSR count). The molecule has 0 aliphatic heterocycles. The molecule has 1 aliphatic rings. The summed E-state index contributed by atoms with van der Waals surface area (Å²) in [5.74, 6) is 0.490. The fourth-order valence-electron chi connectivity index (χ4n) is 2.45. The van der Waals surface area contributed by atoms with Crippen molar-refractivity contribution in [1.29, 1.82) is 0 Å². The molecule has 1 saturated carbocycles. The summed E-state index contributed by atoms with van der Waals surface area (Å²) in [6.45, 7) is 7.22. The van der Waals surface area contributed by atoms with E-state index >= 15 is 0 Å². The molecule has 0 spiro atoms. The molecule has 1 atom stereocenters. The molecule has 3 N–H and O–H groups in total. The van der Waals surface area contributed by atoms with E-state index in [0.717, 1.165) is 13.0 Å². The molecule has 94 valence electrons. The van der Waals surface area contributed by atoms with Gasteiger partial charge in [0.25, 0.3) is 0 Å². The van der Waals surface area contributed by atoms with Crippen molar-refractivity contribution in [3.05, 3.63) is 0 Å². The van der Waals surface area contributed by atoms with Crippen LogP contribution in [-0.2, 0) is 4.79 Å². The number of amides is 1. The summed E-state index contributed by atoms with van der Waals surface area (Å²) in [5, 5.41) is 3.01. The number of hydrogen-bond acceptors (Lipinski definition) is 2. The van der Waals surface area contributed by atoms with Gasteiger partial charge in [0, 0.05) is 6.54 Å². The molecule has 0 aromatic carbocycles. The van der Waals surface area contributed by atoms with Crippen molar-refractivity contribution in [1.82, 2.24) is 5.32 Å². The Balaban J connectivity index is 2.28. The lowest BCUT2D eigenvalue weighted by Crippen LogP contribution is -2.44. The lowest BCUT2D eigenvalue weighted by molar-refractivity contribution is -0.123. The number of carbonyl (C=O) groups excluding carboxylic acids is 1. The Labute approximate surface area is 99.2 Å². The Hall–Kier alpha value is -0.570. The average molecular weight is 226 g/mol. The first kappa shape index (κ1) is 13.5. The van der Waals surface area contributed by atoms with Crippen LogP contribution in [0, 0.1) is 11.3 Å². The number of nitrogens with two attached hydrogens (primary N) is 1. The predicted octanol–water partition coefficient (Wildman–Crippen LogP) is 2.06. The van der Waals surface area contributed by atoms with Crippen LogP contribution in [0.15, 0.2) is 0 Å². The van der Waals surface area contributed by atoms with Gasteiger partial charge in [-0.1, -0.05) is 33.6 Å². The van der Waals surface area contributed by atoms with E-state index < -0.39 is 0 Å². The minimum Gasteiger partial charge on any atom is -0.354 e. The molecular weight excluding hydrogens is 200 g/mol. The largest absolute Gasteiger partial charge is 0.354 e. The summed E-state index contributed by atoms with van der Waals surface area (Å²) < 4.78 is 0. The Morgan fingerprint density at radius 3 is 2.44 bits per heavy atom. The van der Waals surface area contributed by atoms with Gasteiger partial charge in [-0.3, -0.25) is 4.79 Å². The molecule has 0 saturated heterocycles. The van der Waals surface area contributed by atoms with Crippen molar-refractivity contribution in [3.63, 3.8) is 0 Å². The highest BCUT2D eigenvalue weighted by atomic mass is 16.2. The van der Waals surface area contributed by atoms with E-state index in [4.69, 9.17) is 5.73 Å². The maximum atomic E-state index is 11.7. The van der Waals surface area contributed by atoms with Crippen LogP contribution in [0.4, 0.5) is 0 Å². The van der Waals surface area contributed by atoms with E-state index in [-0.39, 0.29) is 11.9 Å². The monoisotopic (exact) mass is 226 g/mol. The molecule has 0 bridgehead atoms. The molecular formula is C13H26N2O. The molecule has 1 amide bonds. The minimum atomic E-state index is -0.343. The van der Waals surface area contributed by atoms with Gasteiger partial charge in [0.1, 0.15) is 0 Å². The molecule has 0 radical (unpaired) electrons. The van der Waals surface area contributed by atoms with Crippen LogP contribution < -0.4 is 11.1 Å². The Kier molecular flexibility index (Phi) is 4.78. The normalized spacial score (nSPS) is 21.1. The summed E-state index contributed by atoms with van der Waals surface area (Å²) in [6, 6.07) is -0.343. The van der Waals surface area contributed by atoms with Crippen LogP contribution in [0.3, 0.4) is 0 Å². The van der Waals surface area contributed by atoms with E-state index in [2.05, 4.69) is 26.1 Å². The molecule has 1 fully saturated rings. The van der Waals surface area contributed by atoms with Crippen LogP contribution in [0.2, 0.25) is 0 Å². The third-order valence-electron chi connectivity index (χ3n) is 3.56. The van der Waals surface area contributed by atoms with Crippen LogP contribution >= 0.6 is 0 Å². The van der Waals surface area contributed by atoms with Gasteiger partial charge in [0.2, 0.25) is 5.91 Å². The first-order valence-electron chi connectivity index (χ1n) is 6.46. The molecule has 3 nitrogen and oxygen atoms in total. The highest BCUT2D eigenvalue weighted by molar-refractivity contribution is 5.81. The molecule has 1 aliphatic carbocycles. The maximum absolute atomic E-state index is 11.7. The molecule has 0 heterocycles. The van der Waals surface area contributed by atoms with Crippen LogP contribution in [0.1, 0.15) is 52.9 Å². The second-order valence-corrected chi connectivity index (χ2v) is 5.97. The average Bonchev–Trinajstić information content (AvgIpc) is 2.61. The van der Waals surface area contributed by atoms with E-state index in [1.165, 1.54) is 25.7 Å². The van der Waals surface area contributed by atoms with Gasteiger partial charge < -0.3 is 11.1 Å². The van der Waals surface area contributed by atoms with E-state index in [1.807, 2.05) is 0 Å². The first-order valence-corrected chi connectivity index (χ1v) is 6.46. The summed E-state index contributed by atoms with van der Waals surface area (Å²) in [6.07, 6.45) is 5.82. The van der Waals surface area contributed by atoms with Crippen LogP contribution in [-0.4, -0.2) is 18.5 Å². The molecule has 3 heteroatoms. The summed E-state index contributed by atoms with van der Waals surface area (Å²) in [5.41, 5.74) is 6.15. The fraction of sp³-hybridized carbons (Fsp3) is 0.923. The highest BCUT2D eigenvalue weighted by Crippen LogP contribution is 2.36. The summed E-state index contributed by atoms with van der Waals surface area (Å²) >= 11 is 0. The van der Waals surface area contributed by atoms with Gasteiger partial charge in [0.15, 0.2) is 0 Å². The Morgan fingerprint density at radius 1 is 1.38 bits per heavy atom. The Bertz CT molecular complexity index is 232. The molecule has 0 unspecified atom stereocenters. The highest BCUT2D eigenvalue weighted by Gasteiger charge is 2.29. The van der Waals surface area contributed by atoms with Gasteiger partial charge in [0.05, 0.1) is 6.04 Å². The lowest BCUT2D eigenvalue weighted by atomic mass is 9.89. The zero-order valence-corrected chi connectivity index (χ0v) is 10.9. The smallest absolute Gasteiger partial charge is 0.236 e. The number of hydrogen-bond donors (Lipinski definition) is 2. The standard InChI is InChI=1S/C13H26N2O/c1-10(2)8-11(14)12(16)15-9-13(3)6-4-5-7-13/h10-11H,4-9,14H2,1-3H3,(H,15,16)/t11-/m0/s1. The Morgan fingerprint density at radius 2 is 1.94 bits per heavy atom. The van der Waals surface area contributed by atoms with Gasteiger partial charge in [-0.05, 0) is 30.6 Å². The first-order chi connectivity index (χ1) is 7.43. The topological polar surface area (TPSA) is 55.1 Å². The van der Waals surface area contributed by atoms with Gasteiger partial charge in [-0.2, -0.15) is 0 Å². The lowest BCUT2D eigenvalue weighted by Gasteiger charge is -2.25. The van der Waals surface area contributed by atoms with E-state index in [9.17, 15) is 4.79 Å². The number of rotatable bonds is 5. The fourth-order valence-corrected chi connectivity index (χ4v) is 2.45. The number of carbonyl (C=O) groups is 1. The van der Waals surface area contributed by atoms with Crippen molar-refractivity contribution in [2.75, 3.05) is 6.54 Å². The second-order valence-electron chi connectivity index (χ2n) is 5.97. The molecule has 0 aromatic heterocycles. The second kappa shape index (κ2) is 5.67. The SMILES string of the molecule is CC(C)C[C@H](N)C(=O)NCC1(C)CCCC1. The van der Waals surface area contributed by atoms with Gasteiger partial charge in [-0.15, -0.1) is 0 Å². The zero-order chi connectivity index (χ0) is 12.2. The van der Waals surface area contributed by atoms with E-state index in [1.54, 1.807) is 0 Å². The zero-order valence-electron chi connectivity index (χ0n) is 10.9. The predicted molar refractivity (Wildman–Crippen MR) is 67.0 cm³/mol. The van der Waals surface area contributed by atoms with Crippen molar-refractivity contribution < 1.29 is 4.79 Å². The summed E-state index contributed by atoms with van der Waals surface area (Å²) in [7, 11) is 0. The number of nitrogens with one attached hydrogen (secondary N) is 1. The van der Waals surface area contributed by atoms with Crippen molar-refractivity contribution in [2.24, 2.45) is 17.1 Å². The van der Waals surface area contributed by atoms with Crippen LogP contribution in [0.5, 0.6) is 0 Å². The van der Waals surface area contributed by atoms with Crippen LogP contribution in [0.25, 0.3) is 0 Å². The van der Waals surface area contributed by atoms with Gasteiger partial charge in [-0.25, -0.2) is 0 Å². The van der Waals surface area contributed by atoms with Gasteiger partial charge >= 0.3 is 0 Å². The minimum absolute atomic E-state index is 0.0156. The quantitative estimate of drug-likeness (QED) is 0.754. The maximum Gasteiger partial charge on any atom is 0.236 e.